The summed E-state index contributed by atoms with van der Waals surface area (Å²) < 4.78 is 0.293. The molecular formula is C16H28Cl3Ti. The average molecular weight is 375 g/mol. The number of hydrogen-bond acceptors (Lipinski definition) is 0. The van der Waals surface area contributed by atoms with Crippen molar-refractivity contribution in [1.82, 2.24) is 0 Å². The number of hydrogen-bond donors (Lipinski definition) is 0. The molecular weight excluding hydrogens is 346 g/mol. The molecule has 0 radical (unpaired) electrons. The van der Waals surface area contributed by atoms with Crippen LogP contribution in [0.3, 0.4) is 0 Å². The van der Waals surface area contributed by atoms with E-state index in [1.165, 1.54) is 0 Å². The minimum Gasteiger partial charge on any atom is -0.147 e. The van der Waals surface area contributed by atoms with Gasteiger partial charge in [-0.25, -0.2) is 0 Å². The molecule has 0 aromatic rings. The minimum absolute atomic E-state index is 0. The van der Waals surface area contributed by atoms with E-state index in [1.54, 1.807) is 22.3 Å². The predicted molar refractivity (Wildman–Crippen MR) is 92.2 cm³/mol. The Labute approximate surface area is 155 Å². The summed E-state index contributed by atoms with van der Waals surface area (Å²) in [5.41, 5.74) is 6.63. The van der Waals surface area contributed by atoms with E-state index in [1.807, 2.05) is 0 Å². The standard InChI is InChI=1S/C16H25.3ClH.Ti/c1-8-9(2)12(5)16-14(7)10(3)13(6)15(16)11(8)4;;;;/h8-9,11-12H,1-7H3;3*1H;. The second kappa shape index (κ2) is 7.56. The summed E-state index contributed by atoms with van der Waals surface area (Å²) in [6, 6.07) is 0. The molecule has 0 fully saturated rings. The van der Waals surface area contributed by atoms with Crippen molar-refractivity contribution in [2.45, 2.75) is 52.2 Å². The number of rotatable bonds is 0. The Balaban J connectivity index is 0. The van der Waals surface area contributed by atoms with E-state index in [-0.39, 0.29) is 37.2 Å². The Hall–Kier alpha value is 1.06. The molecule has 0 spiro atoms. The van der Waals surface area contributed by atoms with Crippen molar-refractivity contribution in [2.75, 3.05) is 0 Å². The van der Waals surface area contributed by atoms with Gasteiger partial charge in [0.25, 0.3) is 0 Å². The van der Waals surface area contributed by atoms with Crippen LogP contribution in [0.15, 0.2) is 22.3 Å². The summed E-state index contributed by atoms with van der Waals surface area (Å²) >= 11 is 2.42. The quantitative estimate of drug-likeness (QED) is 0.444. The first-order valence-corrected chi connectivity index (χ1v) is 7.67. The monoisotopic (exact) mass is 373 g/mol. The third-order valence-electron chi connectivity index (χ3n) is 5.86. The number of halogens is 3. The molecule has 0 amide bonds. The van der Waals surface area contributed by atoms with Crippen LogP contribution in [0, 0.1) is 23.7 Å². The van der Waals surface area contributed by atoms with Gasteiger partial charge >= 0.3 is 119 Å². The van der Waals surface area contributed by atoms with E-state index in [2.05, 4.69) is 68.9 Å². The van der Waals surface area contributed by atoms with Crippen molar-refractivity contribution in [3.8, 4) is 0 Å². The van der Waals surface area contributed by atoms with E-state index < -0.39 is 0 Å². The van der Waals surface area contributed by atoms with Gasteiger partial charge in [-0.1, -0.05) is 0 Å². The average Bonchev–Trinajstić information content (AvgIpc) is 2.44. The summed E-state index contributed by atoms with van der Waals surface area (Å²) in [5.74, 6) is 3.08. The normalized spacial score (nSPS) is 39.5. The molecule has 0 aromatic heterocycles. The molecule has 2 aliphatic carbocycles. The van der Waals surface area contributed by atoms with Crippen LogP contribution in [-0.2, 0) is 20.4 Å². The molecule has 5 atom stereocenters. The topological polar surface area (TPSA) is 0 Å². The molecule has 0 saturated heterocycles. The van der Waals surface area contributed by atoms with E-state index in [9.17, 15) is 0 Å². The van der Waals surface area contributed by atoms with Gasteiger partial charge in [-0.2, -0.15) is 0 Å². The molecule has 0 heterocycles. The van der Waals surface area contributed by atoms with Crippen LogP contribution in [0.2, 0.25) is 3.72 Å². The van der Waals surface area contributed by atoms with Gasteiger partial charge in [0, 0.05) is 0 Å². The maximum Gasteiger partial charge on any atom is -0.147 e. The second-order valence-corrected chi connectivity index (χ2v) is 8.06. The first kappa shape index (κ1) is 23.3. The Morgan fingerprint density at radius 2 is 1.25 bits per heavy atom. The van der Waals surface area contributed by atoms with Crippen molar-refractivity contribution in [2.24, 2.45) is 23.7 Å². The zero-order valence-electron chi connectivity index (χ0n) is 13.5. The van der Waals surface area contributed by atoms with Gasteiger partial charge in [0.05, 0.1) is 0 Å². The molecule has 0 bridgehead atoms. The molecule has 0 aromatic carbocycles. The van der Waals surface area contributed by atoms with Crippen molar-refractivity contribution < 1.29 is 20.4 Å². The van der Waals surface area contributed by atoms with E-state index >= 15 is 0 Å². The van der Waals surface area contributed by atoms with E-state index in [0.29, 0.717) is 3.72 Å². The molecule has 2 aliphatic rings. The van der Waals surface area contributed by atoms with Crippen LogP contribution in [-0.4, -0.2) is 0 Å². The number of allylic oxidation sites excluding steroid dienone is 4. The van der Waals surface area contributed by atoms with Crippen LogP contribution in [0.5, 0.6) is 0 Å². The summed E-state index contributed by atoms with van der Waals surface area (Å²) in [6.07, 6.45) is 0. The van der Waals surface area contributed by atoms with Gasteiger partial charge in [0.15, 0.2) is 0 Å². The first-order valence-electron chi connectivity index (χ1n) is 6.89. The third-order valence-corrected chi connectivity index (χ3v) is 6.87. The van der Waals surface area contributed by atoms with Crippen LogP contribution < -0.4 is 0 Å². The van der Waals surface area contributed by atoms with Crippen molar-refractivity contribution >= 4 is 37.2 Å². The summed E-state index contributed by atoms with van der Waals surface area (Å²) in [4.78, 5) is 0. The molecule has 2 rings (SSSR count). The molecule has 0 aliphatic heterocycles. The van der Waals surface area contributed by atoms with E-state index in [4.69, 9.17) is 0 Å². The van der Waals surface area contributed by atoms with Crippen molar-refractivity contribution in [1.29, 1.82) is 0 Å². The fourth-order valence-corrected chi connectivity index (χ4v) is 4.83. The summed E-state index contributed by atoms with van der Waals surface area (Å²) in [6.45, 7) is 16.8. The largest absolute Gasteiger partial charge is 0.147 e. The minimum atomic E-state index is 0. The van der Waals surface area contributed by atoms with Gasteiger partial charge in [-0.05, 0) is 0 Å². The zero-order valence-corrected chi connectivity index (χ0v) is 17.5. The van der Waals surface area contributed by atoms with Crippen LogP contribution in [0.25, 0.3) is 0 Å². The van der Waals surface area contributed by atoms with Crippen LogP contribution in [0.1, 0.15) is 48.5 Å². The van der Waals surface area contributed by atoms with Gasteiger partial charge in [-0.3, -0.25) is 0 Å². The third kappa shape index (κ3) is 3.06. The molecule has 20 heavy (non-hydrogen) atoms. The molecule has 5 unspecified atom stereocenters. The molecule has 0 nitrogen and oxygen atoms in total. The van der Waals surface area contributed by atoms with Gasteiger partial charge in [0.1, 0.15) is 0 Å². The predicted octanol–water partition coefficient (Wildman–Crippen LogP) is 6.18. The summed E-state index contributed by atoms with van der Waals surface area (Å²) in [7, 11) is 0. The molecule has 0 saturated carbocycles. The van der Waals surface area contributed by atoms with Gasteiger partial charge < -0.3 is 0 Å². The maximum atomic E-state index is 2.44. The Morgan fingerprint density at radius 3 is 1.70 bits per heavy atom. The zero-order chi connectivity index (χ0) is 13.1. The Bertz CT molecular complexity index is 423. The SMILES string of the molecule is CC1=C(C)[C](C)([Ti])C2=C1C(C)C(C)C(C)C2C.Cl.Cl.Cl. The fraction of sp³-hybridized carbons (Fsp3) is 0.750. The molecule has 117 valence electrons. The smallest absolute Gasteiger partial charge is 0.147 e. The maximum absolute atomic E-state index is 2.44. The van der Waals surface area contributed by atoms with Gasteiger partial charge in [-0.15, -0.1) is 37.2 Å². The fourth-order valence-electron chi connectivity index (χ4n) is 3.97. The second-order valence-electron chi connectivity index (χ2n) is 6.50. The van der Waals surface area contributed by atoms with Crippen molar-refractivity contribution in [3.63, 3.8) is 0 Å². The van der Waals surface area contributed by atoms with E-state index in [0.717, 1.165) is 23.7 Å². The first-order chi connectivity index (χ1) is 7.71. The van der Waals surface area contributed by atoms with Crippen LogP contribution in [0.4, 0.5) is 0 Å². The molecule has 0 N–H and O–H groups in total. The van der Waals surface area contributed by atoms with Gasteiger partial charge in [0.2, 0.25) is 0 Å². The molecule has 4 heteroatoms. The Kier molecular flexibility index (Phi) is 8.82. The van der Waals surface area contributed by atoms with Crippen LogP contribution >= 0.6 is 37.2 Å². The Morgan fingerprint density at radius 1 is 0.850 bits per heavy atom. The van der Waals surface area contributed by atoms with Crippen molar-refractivity contribution in [3.05, 3.63) is 22.3 Å². The summed E-state index contributed by atoms with van der Waals surface area (Å²) in [5, 5.41) is 0.